The topological polar surface area (TPSA) is 78.1 Å². The van der Waals surface area contributed by atoms with Crippen LogP contribution >= 0.6 is 12.8 Å². The summed E-state index contributed by atoms with van der Waals surface area (Å²) >= 11 is 3.97. The molecule has 0 aromatic carbocycles. The van der Waals surface area contributed by atoms with Gasteiger partial charge in [0.25, 0.3) is 5.91 Å². The van der Waals surface area contributed by atoms with Crippen LogP contribution in [0.2, 0.25) is 0 Å². The van der Waals surface area contributed by atoms with Gasteiger partial charge in [-0.15, -0.1) is 0 Å². The number of nitrogens with one attached hydrogen (secondary N) is 2. The predicted octanol–water partition coefficient (Wildman–Crippen LogP) is -0.423. The van der Waals surface area contributed by atoms with E-state index < -0.39 is 5.91 Å². The molecule has 0 aliphatic carbocycles. The van der Waals surface area contributed by atoms with E-state index in [-0.39, 0.29) is 5.69 Å². The van der Waals surface area contributed by atoms with Crippen LogP contribution in [-0.4, -0.2) is 29.3 Å². The number of carbonyl (C=O) groups is 2. The van der Waals surface area contributed by atoms with Crippen molar-refractivity contribution in [2.24, 2.45) is 0 Å². The van der Waals surface area contributed by atoms with Gasteiger partial charge in [0.1, 0.15) is 5.69 Å². The number of H-pyrrole nitrogens is 1. The number of imidazole rings is 1. The molecular formula is C6H8N4O2S. The second kappa shape index (κ2) is 3.94. The molecule has 0 fully saturated rings. The lowest BCUT2D eigenvalue weighted by Crippen LogP contribution is -2.23. The number of anilines is 1. The van der Waals surface area contributed by atoms with Gasteiger partial charge in [-0.3, -0.25) is 14.9 Å². The molecule has 0 saturated heterocycles. The number of imide groups is 1. The fourth-order valence-corrected chi connectivity index (χ4v) is 0.977. The van der Waals surface area contributed by atoms with Crippen molar-refractivity contribution < 1.29 is 9.59 Å². The first kappa shape index (κ1) is 9.59. The number of aromatic nitrogens is 2. The predicted molar refractivity (Wildman–Crippen MR) is 49.5 cm³/mol. The lowest BCUT2D eigenvalue weighted by atomic mass is 10.4. The number of nitrogens with zero attached hydrogens (tertiary/aromatic N) is 2. The highest BCUT2D eigenvalue weighted by atomic mass is 32.1. The van der Waals surface area contributed by atoms with E-state index in [1.54, 1.807) is 7.05 Å². The first-order valence-corrected chi connectivity index (χ1v) is 3.77. The van der Waals surface area contributed by atoms with Crippen molar-refractivity contribution in [3.8, 4) is 0 Å². The zero-order valence-corrected chi connectivity index (χ0v) is 7.71. The molecule has 1 rings (SSSR count). The largest absolute Gasteiger partial charge is 0.339 e. The minimum atomic E-state index is -0.539. The molecule has 0 atom stereocenters. The van der Waals surface area contributed by atoms with Gasteiger partial charge in [-0.1, -0.05) is 12.8 Å². The molecule has 70 valence electrons. The van der Waals surface area contributed by atoms with Crippen LogP contribution < -0.4 is 9.62 Å². The summed E-state index contributed by atoms with van der Waals surface area (Å²) in [4.78, 5) is 27.6. The van der Waals surface area contributed by atoms with Crippen LogP contribution in [0.1, 0.15) is 10.5 Å². The van der Waals surface area contributed by atoms with Gasteiger partial charge in [-0.2, -0.15) is 0 Å². The highest BCUT2D eigenvalue weighted by molar-refractivity contribution is 7.81. The van der Waals surface area contributed by atoms with Gasteiger partial charge in [0.15, 0.2) is 5.82 Å². The molecule has 2 N–H and O–H groups in total. The van der Waals surface area contributed by atoms with Crippen LogP contribution in [0.3, 0.4) is 0 Å². The summed E-state index contributed by atoms with van der Waals surface area (Å²) < 4.78 is 1.37. The Labute approximate surface area is 79.9 Å². The zero-order chi connectivity index (χ0) is 9.84. The third-order valence-electron chi connectivity index (χ3n) is 1.34. The van der Waals surface area contributed by atoms with E-state index in [1.807, 2.05) is 5.32 Å². The van der Waals surface area contributed by atoms with Crippen LogP contribution in [0.25, 0.3) is 0 Å². The van der Waals surface area contributed by atoms with Gasteiger partial charge >= 0.3 is 0 Å². The van der Waals surface area contributed by atoms with Crippen LogP contribution in [0, 0.1) is 0 Å². The Morgan fingerprint density at radius 1 is 1.85 bits per heavy atom. The molecule has 1 aromatic rings. The Bertz CT molecular complexity index is 322. The third-order valence-corrected chi connectivity index (χ3v) is 1.53. The molecule has 1 aromatic heterocycles. The van der Waals surface area contributed by atoms with Gasteiger partial charge in [-0.25, -0.2) is 4.98 Å². The second-order valence-electron chi connectivity index (χ2n) is 2.22. The average molecular weight is 200 g/mol. The SMILES string of the molecule is CN(S)c1nc[nH]c1C(=O)NC=O. The normalized spacial score (nSPS) is 9.38. The van der Waals surface area contributed by atoms with Crippen molar-refractivity contribution in [2.75, 3.05) is 11.4 Å². The number of hydrogen-bond acceptors (Lipinski definition) is 5. The van der Waals surface area contributed by atoms with Crippen molar-refractivity contribution in [1.29, 1.82) is 0 Å². The van der Waals surface area contributed by atoms with Crippen molar-refractivity contribution in [3.63, 3.8) is 0 Å². The maximum atomic E-state index is 11.2. The van der Waals surface area contributed by atoms with Gasteiger partial charge in [0, 0.05) is 7.05 Å². The highest BCUT2D eigenvalue weighted by Gasteiger charge is 2.15. The van der Waals surface area contributed by atoms with Crippen LogP contribution in [-0.2, 0) is 4.79 Å². The summed E-state index contributed by atoms with van der Waals surface area (Å²) in [7, 11) is 1.62. The molecule has 0 saturated carbocycles. The summed E-state index contributed by atoms with van der Waals surface area (Å²) in [6.07, 6.45) is 1.66. The second-order valence-corrected chi connectivity index (χ2v) is 2.82. The Balaban J connectivity index is 2.93. The van der Waals surface area contributed by atoms with E-state index in [1.165, 1.54) is 10.6 Å². The molecule has 0 aliphatic rings. The fourth-order valence-electron chi connectivity index (χ4n) is 0.825. The monoisotopic (exact) mass is 200 g/mol. The number of thiol groups is 1. The molecule has 7 heteroatoms. The molecule has 6 nitrogen and oxygen atoms in total. The average Bonchev–Trinajstić information content (AvgIpc) is 2.52. The lowest BCUT2D eigenvalue weighted by Gasteiger charge is -2.07. The number of amides is 2. The fraction of sp³-hybridized carbons (Fsp3) is 0.167. The number of hydrogen-bond donors (Lipinski definition) is 3. The summed E-state index contributed by atoms with van der Waals surface area (Å²) in [6, 6.07) is 0. The number of carbonyl (C=O) groups excluding carboxylic acids is 2. The molecule has 0 radical (unpaired) electrons. The zero-order valence-electron chi connectivity index (χ0n) is 6.81. The maximum absolute atomic E-state index is 11.2. The maximum Gasteiger partial charge on any atom is 0.277 e. The first-order valence-electron chi connectivity index (χ1n) is 3.37. The number of rotatable bonds is 3. The van der Waals surface area contributed by atoms with E-state index in [9.17, 15) is 9.59 Å². The highest BCUT2D eigenvalue weighted by Crippen LogP contribution is 2.14. The van der Waals surface area contributed by atoms with Crippen molar-refractivity contribution in [2.45, 2.75) is 0 Å². The summed E-state index contributed by atoms with van der Waals surface area (Å²) in [6.45, 7) is 0. The van der Waals surface area contributed by atoms with Gasteiger partial charge in [0.2, 0.25) is 6.41 Å². The van der Waals surface area contributed by atoms with Crippen LogP contribution in [0.5, 0.6) is 0 Å². The minimum Gasteiger partial charge on any atom is -0.339 e. The molecule has 13 heavy (non-hydrogen) atoms. The van der Waals surface area contributed by atoms with Gasteiger partial charge in [-0.05, 0) is 0 Å². The first-order chi connectivity index (χ1) is 6.16. The van der Waals surface area contributed by atoms with Crippen molar-refractivity contribution in [3.05, 3.63) is 12.0 Å². The van der Waals surface area contributed by atoms with E-state index in [0.29, 0.717) is 12.2 Å². The summed E-state index contributed by atoms with van der Waals surface area (Å²) in [5.74, 6) is -0.175. The van der Waals surface area contributed by atoms with Crippen LogP contribution in [0.15, 0.2) is 6.33 Å². The molecule has 0 spiro atoms. The quantitative estimate of drug-likeness (QED) is 0.457. The molecule has 0 unspecified atom stereocenters. The molecular weight excluding hydrogens is 192 g/mol. The van der Waals surface area contributed by atoms with E-state index in [0.717, 1.165) is 0 Å². The Hall–Kier alpha value is -1.50. The van der Waals surface area contributed by atoms with Crippen molar-refractivity contribution >= 4 is 30.9 Å². The minimum absolute atomic E-state index is 0.199. The van der Waals surface area contributed by atoms with E-state index in [4.69, 9.17) is 0 Å². The summed E-state index contributed by atoms with van der Waals surface area (Å²) in [5.41, 5.74) is 0.199. The Morgan fingerprint density at radius 3 is 3.08 bits per heavy atom. The van der Waals surface area contributed by atoms with Gasteiger partial charge in [0.05, 0.1) is 6.33 Å². The lowest BCUT2D eigenvalue weighted by molar-refractivity contribution is -0.108. The Morgan fingerprint density at radius 2 is 2.54 bits per heavy atom. The molecule has 0 bridgehead atoms. The standard InChI is InChI=1S/C6H8N4O2S/c1-10(13)5-4(7-2-8-5)6(12)9-3-11/h2-3,13H,1H3,(H,7,8)(H,9,11,12). The van der Waals surface area contributed by atoms with E-state index >= 15 is 0 Å². The smallest absolute Gasteiger partial charge is 0.277 e. The molecule has 2 amide bonds. The Kier molecular flexibility index (Phi) is 2.91. The molecule has 1 heterocycles. The van der Waals surface area contributed by atoms with E-state index in [2.05, 4.69) is 22.8 Å². The third kappa shape index (κ3) is 2.00. The van der Waals surface area contributed by atoms with Crippen molar-refractivity contribution in [1.82, 2.24) is 15.3 Å². The molecule has 0 aliphatic heterocycles. The summed E-state index contributed by atoms with van der Waals surface area (Å²) in [5, 5.41) is 1.99. The van der Waals surface area contributed by atoms with Crippen LogP contribution in [0.4, 0.5) is 5.82 Å². The number of aromatic amines is 1. The van der Waals surface area contributed by atoms with Gasteiger partial charge < -0.3 is 9.29 Å².